The number of rotatable bonds is 2. The van der Waals surface area contributed by atoms with Crippen LogP contribution >= 0.6 is 15.9 Å². The van der Waals surface area contributed by atoms with E-state index in [1.54, 1.807) is 0 Å². The molecule has 1 saturated heterocycles. The van der Waals surface area contributed by atoms with Crippen LogP contribution in [-0.4, -0.2) is 23.4 Å². The van der Waals surface area contributed by atoms with Gasteiger partial charge < -0.3 is 4.90 Å². The van der Waals surface area contributed by atoms with Crippen molar-refractivity contribution in [1.82, 2.24) is 4.90 Å². The number of amides is 1. The van der Waals surface area contributed by atoms with Crippen LogP contribution in [0.2, 0.25) is 0 Å². The van der Waals surface area contributed by atoms with Crippen LogP contribution in [-0.2, 0) is 4.79 Å². The van der Waals surface area contributed by atoms with Crippen LogP contribution in [0.3, 0.4) is 0 Å². The summed E-state index contributed by atoms with van der Waals surface area (Å²) in [5, 5.41) is 0. The van der Waals surface area contributed by atoms with Crippen LogP contribution in [0.5, 0.6) is 0 Å². The summed E-state index contributed by atoms with van der Waals surface area (Å²) in [7, 11) is 0. The molecule has 1 aliphatic carbocycles. The maximum atomic E-state index is 12.4. The fourth-order valence-electron chi connectivity index (χ4n) is 3.02. The monoisotopic (exact) mass is 307 g/mol. The third-order valence-electron chi connectivity index (χ3n) is 4.24. The van der Waals surface area contributed by atoms with Gasteiger partial charge >= 0.3 is 0 Å². The van der Waals surface area contributed by atoms with E-state index in [9.17, 15) is 4.79 Å². The molecule has 2 nitrogen and oxygen atoms in total. The fraction of sp³-hybridized carbons (Fsp3) is 0.533. The Bertz CT molecular complexity index is 456. The van der Waals surface area contributed by atoms with E-state index in [0.717, 1.165) is 17.4 Å². The average Bonchev–Trinajstić information content (AvgIpc) is 3.05. The highest BCUT2D eigenvalue weighted by Gasteiger charge is 2.46. The fourth-order valence-corrected chi connectivity index (χ4v) is 3.28. The lowest BCUT2D eigenvalue weighted by atomic mass is 10.1. The van der Waals surface area contributed by atoms with Gasteiger partial charge in [-0.3, -0.25) is 4.79 Å². The minimum Gasteiger partial charge on any atom is -0.340 e. The molecule has 1 amide bonds. The van der Waals surface area contributed by atoms with Crippen molar-refractivity contribution in [3.05, 3.63) is 34.3 Å². The molecule has 1 unspecified atom stereocenters. The van der Waals surface area contributed by atoms with Gasteiger partial charge in [0.1, 0.15) is 0 Å². The molecule has 1 saturated carbocycles. The number of hydrogen-bond donors (Lipinski definition) is 0. The van der Waals surface area contributed by atoms with Crippen LogP contribution in [0.1, 0.15) is 37.7 Å². The second-order valence-corrected chi connectivity index (χ2v) is 6.44. The van der Waals surface area contributed by atoms with Crippen LogP contribution < -0.4 is 0 Å². The summed E-state index contributed by atoms with van der Waals surface area (Å²) in [4.78, 5) is 14.5. The number of benzene rings is 1. The standard InChI is InChI=1S/C15H18BrNO/c1-10-3-2-8-17(10)15(18)14-9-13(14)11-4-6-12(16)7-5-11/h4-7,10,13-14H,2-3,8-9H2,1H3/t10?,13-,14+/m1/s1. The van der Waals surface area contributed by atoms with Crippen molar-refractivity contribution in [2.24, 2.45) is 5.92 Å². The Morgan fingerprint density at radius 3 is 2.67 bits per heavy atom. The van der Waals surface area contributed by atoms with Crippen molar-refractivity contribution in [1.29, 1.82) is 0 Å². The maximum Gasteiger partial charge on any atom is 0.226 e. The first kappa shape index (κ1) is 12.2. The summed E-state index contributed by atoms with van der Waals surface area (Å²) in [6.07, 6.45) is 3.37. The van der Waals surface area contributed by atoms with E-state index in [4.69, 9.17) is 0 Å². The highest BCUT2D eigenvalue weighted by atomic mass is 79.9. The second-order valence-electron chi connectivity index (χ2n) is 5.52. The maximum absolute atomic E-state index is 12.4. The predicted molar refractivity (Wildman–Crippen MR) is 75.4 cm³/mol. The minimum absolute atomic E-state index is 0.242. The zero-order valence-corrected chi connectivity index (χ0v) is 12.2. The van der Waals surface area contributed by atoms with Crippen molar-refractivity contribution in [2.45, 2.75) is 38.1 Å². The number of nitrogens with zero attached hydrogens (tertiary/aromatic N) is 1. The number of carbonyl (C=O) groups excluding carboxylic acids is 1. The third kappa shape index (κ3) is 2.20. The van der Waals surface area contributed by atoms with E-state index < -0.39 is 0 Å². The van der Waals surface area contributed by atoms with Gasteiger partial charge in [0.2, 0.25) is 5.91 Å². The lowest BCUT2D eigenvalue weighted by Crippen LogP contribution is -2.35. The van der Waals surface area contributed by atoms with E-state index in [-0.39, 0.29) is 5.92 Å². The van der Waals surface area contributed by atoms with Gasteiger partial charge in [0.15, 0.2) is 0 Å². The van der Waals surface area contributed by atoms with Gasteiger partial charge in [-0.15, -0.1) is 0 Å². The number of halogens is 1. The first-order valence-corrected chi connectivity index (χ1v) is 7.52. The predicted octanol–water partition coefficient (Wildman–Crippen LogP) is 3.56. The molecule has 3 rings (SSSR count). The summed E-state index contributed by atoms with van der Waals surface area (Å²) in [5.41, 5.74) is 1.31. The van der Waals surface area contributed by atoms with Gasteiger partial charge in [0, 0.05) is 23.0 Å². The zero-order chi connectivity index (χ0) is 12.7. The zero-order valence-electron chi connectivity index (χ0n) is 10.6. The molecule has 1 aromatic rings. The first-order valence-electron chi connectivity index (χ1n) is 6.73. The molecule has 0 aromatic heterocycles. The van der Waals surface area contributed by atoms with Crippen LogP contribution in [0.15, 0.2) is 28.7 Å². The molecule has 18 heavy (non-hydrogen) atoms. The van der Waals surface area contributed by atoms with Gasteiger partial charge in [-0.25, -0.2) is 0 Å². The molecular weight excluding hydrogens is 290 g/mol. The normalized spacial score (nSPS) is 30.6. The Labute approximate surface area is 116 Å². The average molecular weight is 308 g/mol. The van der Waals surface area contributed by atoms with Crippen molar-refractivity contribution >= 4 is 21.8 Å². The molecule has 0 radical (unpaired) electrons. The van der Waals surface area contributed by atoms with Crippen molar-refractivity contribution in [3.63, 3.8) is 0 Å². The number of likely N-dealkylation sites (tertiary alicyclic amines) is 1. The van der Waals surface area contributed by atoms with Gasteiger partial charge in [-0.05, 0) is 49.8 Å². The highest BCUT2D eigenvalue weighted by Crippen LogP contribution is 2.49. The quantitative estimate of drug-likeness (QED) is 0.818. The summed E-state index contributed by atoms with van der Waals surface area (Å²) in [6, 6.07) is 8.84. The smallest absolute Gasteiger partial charge is 0.226 e. The van der Waals surface area contributed by atoms with Gasteiger partial charge in [-0.2, -0.15) is 0 Å². The topological polar surface area (TPSA) is 20.3 Å². The lowest BCUT2D eigenvalue weighted by Gasteiger charge is -2.21. The molecule has 3 atom stereocenters. The molecule has 0 spiro atoms. The van der Waals surface area contributed by atoms with Gasteiger partial charge in [-0.1, -0.05) is 28.1 Å². The molecule has 96 valence electrons. The molecule has 1 aliphatic heterocycles. The largest absolute Gasteiger partial charge is 0.340 e. The molecule has 1 aromatic carbocycles. The van der Waals surface area contributed by atoms with Crippen molar-refractivity contribution in [3.8, 4) is 0 Å². The van der Waals surface area contributed by atoms with E-state index >= 15 is 0 Å². The third-order valence-corrected chi connectivity index (χ3v) is 4.77. The van der Waals surface area contributed by atoms with Crippen LogP contribution in [0, 0.1) is 5.92 Å². The molecule has 3 heteroatoms. The number of carbonyl (C=O) groups is 1. The van der Waals surface area contributed by atoms with E-state index in [2.05, 4.69) is 52.0 Å². The van der Waals surface area contributed by atoms with Gasteiger partial charge in [0.05, 0.1) is 0 Å². The summed E-state index contributed by atoms with van der Waals surface area (Å²) in [5.74, 6) is 1.08. The molecular formula is C15H18BrNO. The van der Waals surface area contributed by atoms with E-state index in [0.29, 0.717) is 17.9 Å². The Kier molecular flexibility index (Phi) is 3.18. The van der Waals surface area contributed by atoms with E-state index in [1.165, 1.54) is 18.4 Å². The minimum atomic E-state index is 0.242. The Morgan fingerprint density at radius 2 is 2.06 bits per heavy atom. The highest BCUT2D eigenvalue weighted by molar-refractivity contribution is 9.10. The summed E-state index contributed by atoms with van der Waals surface area (Å²) in [6.45, 7) is 3.13. The SMILES string of the molecule is CC1CCCN1C(=O)[C@H]1C[C@@H]1c1ccc(Br)cc1. The van der Waals surface area contributed by atoms with E-state index in [1.807, 2.05) is 0 Å². The van der Waals surface area contributed by atoms with Crippen LogP contribution in [0.25, 0.3) is 0 Å². The molecule has 2 aliphatic rings. The Balaban J connectivity index is 1.67. The second kappa shape index (κ2) is 4.69. The summed E-state index contributed by atoms with van der Waals surface area (Å²) < 4.78 is 1.10. The van der Waals surface area contributed by atoms with Crippen LogP contribution in [0.4, 0.5) is 0 Å². The lowest BCUT2D eigenvalue weighted by molar-refractivity contribution is -0.133. The Hall–Kier alpha value is -0.830. The van der Waals surface area contributed by atoms with Crippen molar-refractivity contribution in [2.75, 3.05) is 6.54 Å². The van der Waals surface area contributed by atoms with Crippen molar-refractivity contribution < 1.29 is 4.79 Å². The van der Waals surface area contributed by atoms with Gasteiger partial charge in [0.25, 0.3) is 0 Å². The molecule has 1 heterocycles. The first-order chi connectivity index (χ1) is 8.66. The Morgan fingerprint density at radius 1 is 1.33 bits per heavy atom. The molecule has 0 bridgehead atoms. The summed E-state index contributed by atoms with van der Waals surface area (Å²) >= 11 is 3.45. The molecule has 0 N–H and O–H groups in total. The molecule has 2 fully saturated rings. The number of hydrogen-bond acceptors (Lipinski definition) is 1.